The Hall–Kier alpha value is -1.48. The Bertz CT molecular complexity index is 678. The van der Waals surface area contributed by atoms with Crippen LogP contribution in [0.25, 0.3) is 0 Å². The number of benzene rings is 1. The molecule has 0 saturated carbocycles. The second-order valence-electron chi connectivity index (χ2n) is 6.43. The molecule has 0 atom stereocenters. The highest BCUT2D eigenvalue weighted by molar-refractivity contribution is 7.71. The average molecular weight is 286 g/mol. The summed E-state index contributed by atoms with van der Waals surface area (Å²) in [5, 5.41) is 0. The van der Waals surface area contributed by atoms with Gasteiger partial charge in [0.15, 0.2) is 0 Å². The first-order valence-electron chi connectivity index (χ1n) is 6.92. The molecule has 2 rings (SSSR count). The molecule has 2 nitrogen and oxygen atoms in total. The van der Waals surface area contributed by atoms with Crippen LogP contribution in [0.15, 0.2) is 24.3 Å². The van der Waals surface area contributed by atoms with Gasteiger partial charge in [-0.15, -0.1) is 0 Å². The minimum absolute atomic E-state index is 0.0500. The fourth-order valence-corrected chi connectivity index (χ4v) is 2.33. The minimum Gasteiger partial charge on any atom is -0.346 e. The van der Waals surface area contributed by atoms with E-state index in [1.807, 2.05) is 6.07 Å². The largest absolute Gasteiger partial charge is 0.346 e. The van der Waals surface area contributed by atoms with Crippen molar-refractivity contribution in [2.24, 2.45) is 0 Å². The van der Waals surface area contributed by atoms with Crippen molar-refractivity contribution in [3.8, 4) is 0 Å². The van der Waals surface area contributed by atoms with E-state index >= 15 is 0 Å². The summed E-state index contributed by atoms with van der Waals surface area (Å²) in [7, 11) is 0. The lowest BCUT2D eigenvalue weighted by Crippen LogP contribution is -2.15. The van der Waals surface area contributed by atoms with Crippen molar-refractivity contribution in [3.05, 3.63) is 57.1 Å². The summed E-state index contributed by atoms with van der Waals surface area (Å²) in [6.45, 7) is 10.8. The van der Waals surface area contributed by atoms with Gasteiger partial charge in [0.25, 0.3) is 0 Å². The molecular weight excluding hydrogens is 264 g/mol. The van der Waals surface area contributed by atoms with Gasteiger partial charge < -0.3 is 4.98 Å². The van der Waals surface area contributed by atoms with Crippen LogP contribution >= 0.6 is 12.2 Å². The summed E-state index contributed by atoms with van der Waals surface area (Å²) >= 11 is 5.29. The third-order valence-corrected chi connectivity index (χ3v) is 3.75. The Morgan fingerprint density at radius 2 is 1.80 bits per heavy atom. The van der Waals surface area contributed by atoms with Gasteiger partial charge in [-0.1, -0.05) is 51.2 Å². The van der Waals surface area contributed by atoms with Crippen LogP contribution in [-0.4, -0.2) is 9.97 Å². The van der Waals surface area contributed by atoms with Crippen molar-refractivity contribution in [2.75, 3.05) is 0 Å². The van der Waals surface area contributed by atoms with Crippen LogP contribution in [0, 0.1) is 18.5 Å². The van der Waals surface area contributed by atoms with Gasteiger partial charge in [0.2, 0.25) is 0 Å². The van der Waals surface area contributed by atoms with Crippen LogP contribution in [0.1, 0.15) is 49.0 Å². The van der Waals surface area contributed by atoms with Gasteiger partial charge in [-0.2, -0.15) is 0 Å². The van der Waals surface area contributed by atoms with Crippen molar-refractivity contribution in [3.63, 3.8) is 0 Å². The fourth-order valence-electron chi connectivity index (χ4n) is 2.10. The summed E-state index contributed by atoms with van der Waals surface area (Å²) in [5.74, 6) is 0.936. The molecule has 0 aliphatic rings. The Balaban J connectivity index is 2.36. The van der Waals surface area contributed by atoms with Crippen LogP contribution < -0.4 is 0 Å². The first-order valence-corrected chi connectivity index (χ1v) is 7.33. The van der Waals surface area contributed by atoms with Gasteiger partial charge in [-0.05, 0) is 36.6 Å². The van der Waals surface area contributed by atoms with Crippen LogP contribution in [0.5, 0.6) is 0 Å². The lowest BCUT2D eigenvalue weighted by atomic mass is 9.92. The standard InChI is InChI=1S/C17H22N2S/c1-11-6-7-13(8-12(11)2)9-15-18-14(17(3,4)5)10-16(20)19-15/h6-8,10H,9H2,1-5H3,(H,18,19,20). The molecule has 0 saturated heterocycles. The quantitative estimate of drug-likeness (QED) is 0.814. The van der Waals surface area contributed by atoms with Crippen molar-refractivity contribution in [2.45, 2.75) is 46.5 Å². The van der Waals surface area contributed by atoms with Crippen LogP contribution in [0.3, 0.4) is 0 Å². The molecule has 0 unspecified atom stereocenters. The maximum atomic E-state index is 5.29. The van der Waals surface area contributed by atoms with Gasteiger partial charge in [0.05, 0.1) is 0 Å². The van der Waals surface area contributed by atoms with Gasteiger partial charge in [-0.3, -0.25) is 0 Å². The predicted octanol–water partition coefficient (Wildman–Crippen LogP) is 4.64. The minimum atomic E-state index is 0.0500. The molecule has 20 heavy (non-hydrogen) atoms. The molecule has 0 radical (unpaired) electrons. The fraction of sp³-hybridized carbons (Fsp3) is 0.412. The molecule has 0 amide bonds. The third kappa shape index (κ3) is 3.54. The summed E-state index contributed by atoms with van der Waals surface area (Å²) < 4.78 is 0.660. The number of H-pyrrole nitrogens is 1. The molecule has 106 valence electrons. The lowest BCUT2D eigenvalue weighted by Gasteiger charge is -2.19. The average Bonchev–Trinajstić information content (AvgIpc) is 2.32. The van der Waals surface area contributed by atoms with E-state index in [9.17, 15) is 0 Å². The van der Waals surface area contributed by atoms with Crippen molar-refractivity contribution in [1.29, 1.82) is 0 Å². The predicted molar refractivity (Wildman–Crippen MR) is 86.8 cm³/mol. The number of aryl methyl sites for hydroxylation is 2. The van der Waals surface area contributed by atoms with Gasteiger partial charge in [0.1, 0.15) is 10.5 Å². The smallest absolute Gasteiger partial charge is 0.130 e. The molecule has 0 spiro atoms. The van der Waals surface area contributed by atoms with Gasteiger partial charge in [0, 0.05) is 17.5 Å². The molecule has 1 heterocycles. The molecule has 0 bridgehead atoms. The molecular formula is C17H22N2S. The number of aromatic nitrogens is 2. The van der Waals surface area contributed by atoms with E-state index in [0.717, 1.165) is 17.9 Å². The van der Waals surface area contributed by atoms with E-state index < -0.39 is 0 Å². The molecule has 3 heteroatoms. The molecule has 1 aromatic carbocycles. The second-order valence-corrected chi connectivity index (χ2v) is 6.84. The van der Waals surface area contributed by atoms with Crippen LogP contribution in [0.2, 0.25) is 0 Å². The Labute approximate surface area is 126 Å². The highest BCUT2D eigenvalue weighted by Crippen LogP contribution is 2.20. The number of aromatic amines is 1. The molecule has 0 fully saturated rings. The van der Waals surface area contributed by atoms with E-state index in [1.165, 1.54) is 16.7 Å². The van der Waals surface area contributed by atoms with Crippen molar-refractivity contribution >= 4 is 12.2 Å². The first kappa shape index (κ1) is 14.9. The Kier molecular flexibility index (Phi) is 4.09. The summed E-state index contributed by atoms with van der Waals surface area (Å²) in [6.07, 6.45) is 0.786. The topological polar surface area (TPSA) is 28.7 Å². The number of rotatable bonds is 2. The highest BCUT2D eigenvalue weighted by Gasteiger charge is 2.15. The van der Waals surface area contributed by atoms with Gasteiger partial charge >= 0.3 is 0 Å². The zero-order chi connectivity index (χ0) is 14.9. The van der Waals surface area contributed by atoms with Crippen LogP contribution in [0.4, 0.5) is 0 Å². The number of nitrogens with zero attached hydrogens (tertiary/aromatic N) is 1. The normalized spacial score (nSPS) is 11.7. The zero-order valence-corrected chi connectivity index (χ0v) is 13.7. The lowest BCUT2D eigenvalue weighted by molar-refractivity contribution is 0.562. The third-order valence-electron chi connectivity index (χ3n) is 3.54. The second kappa shape index (κ2) is 5.49. The van der Waals surface area contributed by atoms with E-state index in [2.05, 4.69) is 62.8 Å². The van der Waals surface area contributed by atoms with Gasteiger partial charge in [-0.25, -0.2) is 4.98 Å². The van der Waals surface area contributed by atoms with E-state index in [-0.39, 0.29) is 5.41 Å². The van der Waals surface area contributed by atoms with Crippen molar-refractivity contribution < 1.29 is 0 Å². The van der Waals surface area contributed by atoms with E-state index in [4.69, 9.17) is 12.2 Å². The maximum Gasteiger partial charge on any atom is 0.130 e. The van der Waals surface area contributed by atoms with Crippen molar-refractivity contribution in [1.82, 2.24) is 9.97 Å². The molecule has 0 aliphatic heterocycles. The van der Waals surface area contributed by atoms with Crippen LogP contribution in [-0.2, 0) is 11.8 Å². The zero-order valence-electron chi connectivity index (χ0n) is 12.9. The summed E-state index contributed by atoms with van der Waals surface area (Å²) in [5.41, 5.74) is 5.08. The molecule has 1 N–H and O–H groups in total. The molecule has 1 aromatic heterocycles. The number of nitrogens with one attached hydrogen (secondary N) is 1. The summed E-state index contributed by atoms with van der Waals surface area (Å²) in [6, 6.07) is 8.49. The highest BCUT2D eigenvalue weighted by atomic mass is 32.1. The first-order chi connectivity index (χ1) is 9.25. The monoisotopic (exact) mass is 286 g/mol. The van der Waals surface area contributed by atoms with E-state index in [0.29, 0.717) is 4.64 Å². The number of hydrogen-bond donors (Lipinski definition) is 1. The summed E-state index contributed by atoms with van der Waals surface area (Å²) in [4.78, 5) is 7.88. The molecule has 0 aliphatic carbocycles. The number of hydrogen-bond acceptors (Lipinski definition) is 2. The Morgan fingerprint density at radius 1 is 1.10 bits per heavy atom. The Morgan fingerprint density at radius 3 is 2.40 bits per heavy atom. The van der Waals surface area contributed by atoms with E-state index in [1.54, 1.807) is 0 Å². The maximum absolute atomic E-state index is 5.29. The molecule has 2 aromatic rings. The SMILES string of the molecule is Cc1ccc(Cc2nc(=S)cc(C(C)(C)C)[nH]2)cc1C.